The molecule has 0 aromatic carbocycles. The lowest BCUT2D eigenvalue weighted by Crippen LogP contribution is -2.58. The summed E-state index contributed by atoms with van der Waals surface area (Å²) in [5.41, 5.74) is 0.691. The van der Waals surface area contributed by atoms with Gasteiger partial charge in [0.05, 0.1) is 0 Å². The molecule has 2 nitrogen and oxygen atoms in total. The summed E-state index contributed by atoms with van der Waals surface area (Å²) in [7, 11) is 2.12. The molecule has 18 heavy (non-hydrogen) atoms. The van der Waals surface area contributed by atoms with E-state index in [4.69, 9.17) is 0 Å². The number of nitrogens with zero attached hydrogens (tertiary/aromatic N) is 1. The predicted molar refractivity (Wildman–Crippen MR) is 83.2 cm³/mol. The molecule has 0 aromatic heterocycles. The molecule has 2 atom stereocenters. The van der Waals surface area contributed by atoms with Gasteiger partial charge in [0, 0.05) is 11.6 Å². The molecular weight excluding hydrogens is 220 g/mol. The lowest BCUT2D eigenvalue weighted by atomic mass is 9.80. The van der Waals surface area contributed by atoms with Gasteiger partial charge in [0.1, 0.15) is 0 Å². The van der Waals surface area contributed by atoms with Crippen molar-refractivity contribution in [3.05, 3.63) is 0 Å². The summed E-state index contributed by atoms with van der Waals surface area (Å²) >= 11 is 0. The Morgan fingerprint density at radius 2 is 1.50 bits per heavy atom. The largest absolute Gasteiger partial charge is 0.315 e. The topological polar surface area (TPSA) is 15.3 Å². The maximum atomic E-state index is 3.57. The van der Waals surface area contributed by atoms with Gasteiger partial charge in [-0.05, 0) is 51.7 Å². The second kappa shape index (κ2) is 7.49. The molecular formula is C16H36N2. The number of likely N-dealkylation sites (N-methyl/N-ethyl adjacent to an activating group) is 2. The van der Waals surface area contributed by atoms with Gasteiger partial charge in [-0.3, -0.25) is 4.90 Å². The van der Waals surface area contributed by atoms with Crippen molar-refractivity contribution in [1.29, 1.82) is 0 Å². The molecule has 0 radical (unpaired) electrons. The average molecular weight is 256 g/mol. The fourth-order valence-corrected chi connectivity index (χ4v) is 2.98. The molecule has 0 amide bonds. The molecule has 0 aliphatic rings. The molecule has 2 unspecified atom stereocenters. The Morgan fingerprint density at radius 1 is 1.00 bits per heavy atom. The SMILES string of the molecule is CCN(CC)C(C)(CC)C(CCC(C)(C)C)NC. The van der Waals surface area contributed by atoms with Crippen molar-refractivity contribution in [1.82, 2.24) is 10.2 Å². The molecule has 0 aliphatic heterocycles. The summed E-state index contributed by atoms with van der Waals surface area (Å²) < 4.78 is 0. The Morgan fingerprint density at radius 3 is 1.78 bits per heavy atom. The smallest absolute Gasteiger partial charge is 0.0331 e. The van der Waals surface area contributed by atoms with Gasteiger partial charge in [0.15, 0.2) is 0 Å². The van der Waals surface area contributed by atoms with Gasteiger partial charge in [0.2, 0.25) is 0 Å². The molecule has 2 heteroatoms. The van der Waals surface area contributed by atoms with E-state index < -0.39 is 0 Å². The lowest BCUT2D eigenvalue weighted by molar-refractivity contribution is 0.0650. The van der Waals surface area contributed by atoms with E-state index >= 15 is 0 Å². The number of rotatable bonds is 8. The summed E-state index contributed by atoms with van der Waals surface area (Å²) in [6.07, 6.45) is 3.72. The van der Waals surface area contributed by atoms with Crippen LogP contribution in [0.25, 0.3) is 0 Å². The Hall–Kier alpha value is -0.0800. The van der Waals surface area contributed by atoms with Gasteiger partial charge in [-0.2, -0.15) is 0 Å². The van der Waals surface area contributed by atoms with Crippen LogP contribution in [0.4, 0.5) is 0 Å². The van der Waals surface area contributed by atoms with Crippen LogP contribution < -0.4 is 5.32 Å². The summed E-state index contributed by atoms with van der Waals surface area (Å²) in [5, 5.41) is 3.57. The van der Waals surface area contributed by atoms with Crippen LogP contribution >= 0.6 is 0 Å². The van der Waals surface area contributed by atoms with E-state index in [0.717, 1.165) is 13.1 Å². The molecule has 0 bridgehead atoms. The van der Waals surface area contributed by atoms with E-state index in [1.54, 1.807) is 0 Å². The molecule has 110 valence electrons. The van der Waals surface area contributed by atoms with Crippen LogP contribution in [0.1, 0.15) is 67.7 Å². The van der Waals surface area contributed by atoms with E-state index in [-0.39, 0.29) is 5.54 Å². The van der Waals surface area contributed by atoms with Crippen molar-refractivity contribution < 1.29 is 0 Å². The van der Waals surface area contributed by atoms with E-state index in [1.807, 2.05) is 0 Å². The van der Waals surface area contributed by atoms with Crippen molar-refractivity contribution >= 4 is 0 Å². The minimum absolute atomic E-state index is 0.267. The van der Waals surface area contributed by atoms with Crippen molar-refractivity contribution in [2.45, 2.75) is 79.3 Å². The highest BCUT2D eigenvalue weighted by molar-refractivity contribution is 4.95. The fourth-order valence-electron chi connectivity index (χ4n) is 2.98. The van der Waals surface area contributed by atoms with Crippen LogP contribution in [0.3, 0.4) is 0 Å². The van der Waals surface area contributed by atoms with Gasteiger partial charge >= 0.3 is 0 Å². The van der Waals surface area contributed by atoms with Crippen molar-refractivity contribution in [2.24, 2.45) is 5.41 Å². The highest BCUT2D eigenvalue weighted by atomic mass is 15.2. The second-order valence-corrected chi connectivity index (χ2v) is 6.82. The quantitative estimate of drug-likeness (QED) is 0.708. The zero-order chi connectivity index (χ0) is 14.4. The molecule has 0 fully saturated rings. The standard InChI is InChI=1S/C16H36N2/c1-9-16(7,18(10-2)11-3)14(17-8)12-13-15(4,5)6/h14,17H,9-13H2,1-8H3. The predicted octanol–water partition coefficient (Wildman–Crippen LogP) is 3.91. The molecule has 0 rings (SSSR count). The van der Waals surface area contributed by atoms with Crippen LogP contribution in [-0.4, -0.2) is 36.6 Å². The second-order valence-electron chi connectivity index (χ2n) is 6.82. The number of hydrogen-bond acceptors (Lipinski definition) is 2. The summed E-state index contributed by atoms with van der Waals surface area (Å²) in [5.74, 6) is 0. The molecule has 0 aromatic rings. The van der Waals surface area contributed by atoms with E-state index in [9.17, 15) is 0 Å². The number of nitrogens with one attached hydrogen (secondary N) is 1. The monoisotopic (exact) mass is 256 g/mol. The number of hydrogen-bond donors (Lipinski definition) is 1. The third-order valence-electron chi connectivity index (χ3n) is 4.48. The van der Waals surface area contributed by atoms with Gasteiger partial charge in [-0.1, -0.05) is 41.5 Å². The van der Waals surface area contributed by atoms with Crippen LogP contribution in [0.2, 0.25) is 0 Å². The van der Waals surface area contributed by atoms with Crippen LogP contribution in [0.5, 0.6) is 0 Å². The Kier molecular flexibility index (Phi) is 7.46. The first kappa shape index (κ1) is 17.9. The first-order valence-electron chi connectivity index (χ1n) is 7.67. The van der Waals surface area contributed by atoms with Crippen LogP contribution in [-0.2, 0) is 0 Å². The first-order valence-corrected chi connectivity index (χ1v) is 7.67. The van der Waals surface area contributed by atoms with Gasteiger partial charge in [-0.15, -0.1) is 0 Å². The van der Waals surface area contributed by atoms with Crippen molar-refractivity contribution in [3.63, 3.8) is 0 Å². The van der Waals surface area contributed by atoms with E-state index in [2.05, 4.69) is 65.7 Å². The van der Waals surface area contributed by atoms with E-state index in [1.165, 1.54) is 19.3 Å². The van der Waals surface area contributed by atoms with E-state index in [0.29, 0.717) is 11.5 Å². The Balaban J connectivity index is 4.84. The first-order chi connectivity index (χ1) is 8.25. The van der Waals surface area contributed by atoms with Crippen LogP contribution in [0.15, 0.2) is 0 Å². The normalized spacial score (nSPS) is 17.8. The minimum atomic E-state index is 0.267. The zero-order valence-electron chi connectivity index (χ0n) is 14.1. The molecule has 0 heterocycles. The van der Waals surface area contributed by atoms with Crippen molar-refractivity contribution in [3.8, 4) is 0 Å². The highest BCUT2D eigenvalue weighted by Crippen LogP contribution is 2.30. The Labute approximate surface area is 116 Å². The Bertz CT molecular complexity index is 216. The highest BCUT2D eigenvalue weighted by Gasteiger charge is 2.36. The average Bonchev–Trinajstić information content (AvgIpc) is 2.29. The minimum Gasteiger partial charge on any atom is -0.315 e. The maximum absolute atomic E-state index is 3.57. The third kappa shape index (κ3) is 4.89. The van der Waals surface area contributed by atoms with Crippen molar-refractivity contribution in [2.75, 3.05) is 20.1 Å². The lowest BCUT2D eigenvalue weighted by Gasteiger charge is -2.46. The molecule has 1 N–H and O–H groups in total. The molecule has 0 spiro atoms. The van der Waals surface area contributed by atoms with Crippen LogP contribution in [0, 0.1) is 5.41 Å². The van der Waals surface area contributed by atoms with Gasteiger partial charge in [0.25, 0.3) is 0 Å². The zero-order valence-corrected chi connectivity index (χ0v) is 14.1. The fraction of sp³-hybridized carbons (Fsp3) is 1.00. The van der Waals surface area contributed by atoms with Gasteiger partial charge in [-0.25, -0.2) is 0 Å². The maximum Gasteiger partial charge on any atom is 0.0331 e. The summed E-state index contributed by atoms with van der Waals surface area (Å²) in [6.45, 7) is 18.6. The molecule has 0 saturated heterocycles. The molecule has 0 aliphatic carbocycles. The summed E-state index contributed by atoms with van der Waals surface area (Å²) in [4.78, 5) is 2.61. The third-order valence-corrected chi connectivity index (χ3v) is 4.48. The summed E-state index contributed by atoms with van der Waals surface area (Å²) in [6, 6.07) is 0.571. The molecule has 0 saturated carbocycles. The van der Waals surface area contributed by atoms with Gasteiger partial charge < -0.3 is 5.32 Å².